The number of thioether (sulfide) groups is 1. The molecule has 1 aromatic rings. The van der Waals surface area contributed by atoms with Crippen LogP contribution < -0.4 is 5.32 Å². The average molecular weight is 293 g/mol. The number of carbonyl (C=O) groups is 2. The minimum atomic E-state index is -0.317. The molecule has 1 unspecified atom stereocenters. The quantitative estimate of drug-likeness (QED) is 0.848. The maximum absolute atomic E-state index is 11.9. The molecule has 0 radical (unpaired) electrons. The summed E-state index contributed by atoms with van der Waals surface area (Å²) >= 11 is 1.82. The lowest BCUT2D eigenvalue weighted by atomic mass is 10.0. The third kappa shape index (κ3) is 4.00. The summed E-state index contributed by atoms with van der Waals surface area (Å²) in [5.41, 5.74) is 1.17. The van der Waals surface area contributed by atoms with Crippen LogP contribution in [0.2, 0.25) is 0 Å². The first-order chi connectivity index (χ1) is 9.70. The van der Waals surface area contributed by atoms with Gasteiger partial charge in [0.05, 0.1) is 19.1 Å². The number of amides is 1. The highest BCUT2D eigenvalue weighted by molar-refractivity contribution is 7.99. The molecule has 1 heterocycles. The zero-order valence-corrected chi connectivity index (χ0v) is 12.4. The third-order valence-electron chi connectivity index (χ3n) is 3.16. The number of rotatable bonds is 5. The average Bonchev–Trinajstić information content (AvgIpc) is 2.46. The number of hydrogen-bond donors (Lipinski definition) is 1. The van der Waals surface area contributed by atoms with E-state index in [1.165, 1.54) is 10.5 Å². The molecule has 2 rings (SSSR count). The fraction of sp³-hybridized carbons (Fsp3) is 0.467. The second kappa shape index (κ2) is 7.33. The Kier molecular flexibility index (Phi) is 5.47. The molecule has 1 aromatic carbocycles. The highest BCUT2D eigenvalue weighted by Gasteiger charge is 2.21. The number of carbonyl (C=O) groups excluding carboxylic acids is 2. The first kappa shape index (κ1) is 14.9. The van der Waals surface area contributed by atoms with Crippen LogP contribution in [-0.2, 0) is 14.3 Å². The van der Waals surface area contributed by atoms with Crippen molar-refractivity contribution < 1.29 is 14.3 Å². The summed E-state index contributed by atoms with van der Waals surface area (Å²) in [6, 6.07) is 8.19. The Labute approximate surface area is 123 Å². The summed E-state index contributed by atoms with van der Waals surface area (Å²) in [7, 11) is 0. The SMILES string of the molecule is CCOC(=O)CCC(=O)NC1CCSc2ccccc21. The molecule has 1 N–H and O–H groups in total. The number of hydrogen-bond acceptors (Lipinski definition) is 4. The second-order valence-electron chi connectivity index (χ2n) is 4.60. The molecule has 1 aliphatic rings. The van der Waals surface area contributed by atoms with Crippen molar-refractivity contribution in [1.29, 1.82) is 0 Å². The van der Waals surface area contributed by atoms with Crippen LogP contribution in [-0.4, -0.2) is 24.2 Å². The molecule has 0 aliphatic carbocycles. The third-order valence-corrected chi connectivity index (χ3v) is 4.28. The predicted molar refractivity (Wildman–Crippen MR) is 78.5 cm³/mol. The highest BCUT2D eigenvalue weighted by atomic mass is 32.2. The standard InChI is InChI=1S/C15H19NO3S/c1-2-19-15(18)8-7-14(17)16-12-9-10-20-13-6-4-3-5-11(12)13/h3-6,12H,2,7-10H2,1H3,(H,16,17). The van der Waals surface area contributed by atoms with Gasteiger partial charge in [-0.05, 0) is 25.0 Å². The summed E-state index contributed by atoms with van der Waals surface area (Å²) < 4.78 is 4.82. The minimum absolute atomic E-state index is 0.0575. The van der Waals surface area contributed by atoms with Crippen LogP contribution in [0.5, 0.6) is 0 Å². The van der Waals surface area contributed by atoms with E-state index in [-0.39, 0.29) is 30.8 Å². The Morgan fingerprint density at radius 2 is 2.15 bits per heavy atom. The summed E-state index contributed by atoms with van der Waals surface area (Å²) in [6.45, 7) is 2.11. The summed E-state index contributed by atoms with van der Waals surface area (Å²) in [5.74, 6) is 0.590. The van der Waals surface area contributed by atoms with Gasteiger partial charge in [-0.2, -0.15) is 0 Å². The largest absolute Gasteiger partial charge is 0.466 e. The molecule has 20 heavy (non-hydrogen) atoms. The van der Waals surface area contributed by atoms with Gasteiger partial charge in [0.2, 0.25) is 5.91 Å². The van der Waals surface area contributed by atoms with Gasteiger partial charge in [-0.15, -0.1) is 11.8 Å². The molecule has 0 bridgehead atoms. The molecule has 0 saturated heterocycles. The molecular weight excluding hydrogens is 274 g/mol. The van der Waals surface area contributed by atoms with Crippen molar-refractivity contribution in [3.63, 3.8) is 0 Å². The fourth-order valence-electron chi connectivity index (χ4n) is 2.21. The van der Waals surface area contributed by atoms with E-state index >= 15 is 0 Å². The Morgan fingerprint density at radius 1 is 1.35 bits per heavy atom. The van der Waals surface area contributed by atoms with E-state index in [1.54, 1.807) is 6.92 Å². The number of ether oxygens (including phenoxy) is 1. The maximum atomic E-state index is 11.9. The van der Waals surface area contributed by atoms with Gasteiger partial charge < -0.3 is 10.1 Å². The van der Waals surface area contributed by atoms with E-state index in [0.717, 1.165) is 12.2 Å². The van der Waals surface area contributed by atoms with Crippen molar-refractivity contribution in [3.8, 4) is 0 Å². The lowest BCUT2D eigenvalue weighted by Gasteiger charge is -2.25. The lowest BCUT2D eigenvalue weighted by Crippen LogP contribution is -2.30. The normalized spacial score (nSPS) is 17.1. The van der Waals surface area contributed by atoms with Crippen LogP contribution in [0, 0.1) is 0 Å². The highest BCUT2D eigenvalue weighted by Crippen LogP contribution is 2.35. The smallest absolute Gasteiger partial charge is 0.306 e. The van der Waals surface area contributed by atoms with Crippen LogP contribution in [0.1, 0.15) is 37.8 Å². The van der Waals surface area contributed by atoms with Crippen molar-refractivity contribution in [1.82, 2.24) is 5.32 Å². The Balaban J connectivity index is 1.88. The molecule has 0 spiro atoms. The zero-order valence-electron chi connectivity index (χ0n) is 11.6. The van der Waals surface area contributed by atoms with Crippen molar-refractivity contribution in [2.24, 2.45) is 0 Å². The Morgan fingerprint density at radius 3 is 2.95 bits per heavy atom. The van der Waals surface area contributed by atoms with E-state index in [0.29, 0.717) is 6.61 Å². The minimum Gasteiger partial charge on any atom is -0.466 e. The van der Waals surface area contributed by atoms with Crippen molar-refractivity contribution in [2.75, 3.05) is 12.4 Å². The van der Waals surface area contributed by atoms with E-state index in [9.17, 15) is 9.59 Å². The van der Waals surface area contributed by atoms with Gasteiger partial charge in [-0.3, -0.25) is 9.59 Å². The summed E-state index contributed by atoms with van der Waals surface area (Å²) in [5, 5.41) is 3.01. The molecule has 0 aromatic heterocycles. The monoisotopic (exact) mass is 293 g/mol. The molecule has 5 heteroatoms. The second-order valence-corrected chi connectivity index (χ2v) is 5.74. The summed E-state index contributed by atoms with van der Waals surface area (Å²) in [4.78, 5) is 24.4. The van der Waals surface area contributed by atoms with Crippen LogP contribution in [0.3, 0.4) is 0 Å². The topological polar surface area (TPSA) is 55.4 Å². The molecule has 0 fully saturated rings. The van der Waals surface area contributed by atoms with E-state index in [2.05, 4.69) is 17.4 Å². The molecular formula is C15H19NO3S. The van der Waals surface area contributed by atoms with Crippen LogP contribution in [0.4, 0.5) is 0 Å². The molecule has 1 aliphatic heterocycles. The molecule has 1 amide bonds. The predicted octanol–water partition coefficient (Wildman–Crippen LogP) is 2.68. The van der Waals surface area contributed by atoms with Crippen molar-refractivity contribution in [3.05, 3.63) is 29.8 Å². The maximum Gasteiger partial charge on any atom is 0.306 e. The van der Waals surface area contributed by atoms with E-state index in [1.807, 2.05) is 23.9 Å². The van der Waals surface area contributed by atoms with Crippen LogP contribution in [0.25, 0.3) is 0 Å². The summed E-state index contributed by atoms with van der Waals surface area (Å²) in [6.07, 6.45) is 1.25. The molecule has 4 nitrogen and oxygen atoms in total. The van der Waals surface area contributed by atoms with E-state index in [4.69, 9.17) is 4.74 Å². The van der Waals surface area contributed by atoms with Gasteiger partial charge in [0.15, 0.2) is 0 Å². The number of fused-ring (bicyclic) bond motifs is 1. The van der Waals surface area contributed by atoms with Gasteiger partial charge in [0.25, 0.3) is 0 Å². The fourth-order valence-corrected chi connectivity index (χ4v) is 3.33. The van der Waals surface area contributed by atoms with Gasteiger partial charge in [-0.1, -0.05) is 18.2 Å². The number of nitrogens with one attached hydrogen (secondary N) is 1. The molecule has 1 atom stereocenters. The van der Waals surface area contributed by atoms with Gasteiger partial charge in [0, 0.05) is 17.1 Å². The van der Waals surface area contributed by atoms with Gasteiger partial charge >= 0.3 is 5.97 Å². The lowest BCUT2D eigenvalue weighted by molar-refractivity contribution is -0.144. The zero-order chi connectivity index (χ0) is 14.4. The Bertz CT molecular complexity index is 490. The van der Waals surface area contributed by atoms with Gasteiger partial charge in [-0.25, -0.2) is 0 Å². The first-order valence-electron chi connectivity index (χ1n) is 6.87. The molecule has 108 valence electrons. The van der Waals surface area contributed by atoms with Crippen molar-refractivity contribution in [2.45, 2.75) is 37.1 Å². The first-order valence-corrected chi connectivity index (χ1v) is 7.86. The van der Waals surface area contributed by atoms with Gasteiger partial charge in [0.1, 0.15) is 0 Å². The number of esters is 1. The van der Waals surface area contributed by atoms with E-state index < -0.39 is 0 Å². The number of benzene rings is 1. The van der Waals surface area contributed by atoms with Crippen molar-refractivity contribution >= 4 is 23.6 Å². The molecule has 0 saturated carbocycles. The van der Waals surface area contributed by atoms with Crippen LogP contribution in [0.15, 0.2) is 29.2 Å². The van der Waals surface area contributed by atoms with Crippen LogP contribution >= 0.6 is 11.8 Å². The Hall–Kier alpha value is -1.49.